The summed E-state index contributed by atoms with van der Waals surface area (Å²) in [6.07, 6.45) is 1.42. The summed E-state index contributed by atoms with van der Waals surface area (Å²) in [5.74, 6) is 0.267. The van der Waals surface area contributed by atoms with E-state index < -0.39 is 6.04 Å². The molecule has 0 saturated carbocycles. The third kappa shape index (κ3) is 4.63. The van der Waals surface area contributed by atoms with Crippen LogP contribution in [0, 0.1) is 0 Å². The number of amides is 3. The fourth-order valence-corrected chi connectivity index (χ4v) is 4.83. The van der Waals surface area contributed by atoms with E-state index in [2.05, 4.69) is 31.2 Å². The topological polar surface area (TPSA) is 114 Å². The summed E-state index contributed by atoms with van der Waals surface area (Å²) in [4.78, 5) is 37.5. The Balaban J connectivity index is 1.49. The molecule has 1 fully saturated rings. The molecule has 0 aliphatic carbocycles. The molecule has 2 aromatic heterocycles. The highest BCUT2D eigenvalue weighted by Gasteiger charge is 2.37. The van der Waals surface area contributed by atoms with Crippen molar-refractivity contribution in [1.29, 1.82) is 0 Å². The molecule has 9 nitrogen and oxygen atoms in total. The molecule has 3 heterocycles. The van der Waals surface area contributed by atoms with Crippen LogP contribution in [0.3, 0.4) is 0 Å². The monoisotopic (exact) mass is 504 g/mol. The maximum Gasteiger partial charge on any atom is 0.323 e. The number of hydrogen-bond acceptors (Lipinski definition) is 7. The molecule has 0 bridgehead atoms. The van der Waals surface area contributed by atoms with Gasteiger partial charge in [-0.15, -0.1) is 11.3 Å². The number of anilines is 2. The van der Waals surface area contributed by atoms with Crippen molar-refractivity contribution in [3.8, 4) is 0 Å². The van der Waals surface area contributed by atoms with Gasteiger partial charge < -0.3 is 20.3 Å². The summed E-state index contributed by atoms with van der Waals surface area (Å²) in [6.45, 7) is 1.36. The van der Waals surface area contributed by atoms with Crippen LogP contribution in [-0.2, 0) is 16.1 Å². The number of aromatic nitrogens is 2. The molecule has 0 unspecified atom stereocenters. The highest BCUT2D eigenvalue weighted by atomic mass is 79.9. The van der Waals surface area contributed by atoms with Gasteiger partial charge in [-0.3, -0.25) is 10.1 Å². The lowest BCUT2D eigenvalue weighted by Crippen LogP contribution is -2.60. The minimum atomic E-state index is -0.694. The zero-order valence-electron chi connectivity index (χ0n) is 16.7. The third-order valence-corrected chi connectivity index (χ3v) is 6.62. The van der Waals surface area contributed by atoms with E-state index in [0.717, 1.165) is 20.3 Å². The maximum atomic E-state index is 13.2. The first-order valence-electron chi connectivity index (χ1n) is 9.56. The van der Waals surface area contributed by atoms with Gasteiger partial charge in [-0.1, -0.05) is 6.07 Å². The summed E-state index contributed by atoms with van der Waals surface area (Å²) in [6, 6.07) is 8.33. The van der Waals surface area contributed by atoms with Gasteiger partial charge in [0, 0.05) is 32.1 Å². The van der Waals surface area contributed by atoms with E-state index in [1.807, 2.05) is 30.3 Å². The van der Waals surface area contributed by atoms with Crippen molar-refractivity contribution in [1.82, 2.24) is 19.8 Å². The van der Waals surface area contributed by atoms with E-state index >= 15 is 0 Å². The number of nitrogens with zero attached hydrogens (tertiary/aromatic N) is 4. The number of piperazine rings is 1. The van der Waals surface area contributed by atoms with Crippen LogP contribution in [0.4, 0.5) is 15.6 Å². The van der Waals surface area contributed by atoms with Gasteiger partial charge in [0.1, 0.15) is 18.2 Å². The molecule has 1 aliphatic heterocycles. The lowest BCUT2D eigenvalue weighted by molar-refractivity contribution is -0.142. The Kier molecular flexibility index (Phi) is 6.35. The van der Waals surface area contributed by atoms with Crippen LogP contribution in [-0.4, -0.2) is 64.6 Å². The summed E-state index contributed by atoms with van der Waals surface area (Å²) in [5, 5.41) is 4.34. The molecule has 1 saturated heterocycles. The van der Waals surface area contributed by atoms with E-state index in [4.69, 9.17) is 10.5 Å². The predicted molar refractivity (Wildman–Crippen MR) is 123 cm³/mol. The average Bonchev–Trinajstić information content (AvgIpc) is 3.15. The first-order chi connectivity index (χ1) is 15.0. The normalized spacial score (nSPS) is 16.7. The quantitative estimate of drug-likeness (QED) is 0.552. The fraction of sp³-hybridized carbons (Fsp3) is 0.300. The van der Waals surface area contributed by atoms with Crippen LogP contribution in [0.5, 0.6) is 0 Å². The van der Waals surface area contributed by atoms with Crippen molar-refractivity contribution in [2.45, 2.75) is 12.6 Å². The van der Waals surface area contributed by atoms with Crippen molar-refractivity contribution in [3.05, 3.63) is 46.0 Å². The molecular formula is C20H21BrN6O3S. The van der Waals surface area contributed by atoms with Crippen molar-refractivity contribution >= 4 is 60.9 Å². The zero-order valence-corrected chi connectivity index (χ0v) is 19.1. The Bertz CT molecular complexity index is 1120. The zero-order chi connectivity index (χ0) is 22.0. The summed E-state index contributed by atoms with van der Waals surface area (Å²) < 4.78 is 6.17. The number of nitrogens with two attached hydrogens (primary N) is 1. The second-order valence-corrected chi connectivity index (χ2v) is 9.53. The lowest BCUT2D eigenvalue weighted by Gasteiger charge is -2.40. The Morgan fingerprint density at radius 3 is 2.90 bits per heavy atom. The average molecular weight is 505 g/mol. The minimum Gasteiger partial charge on any atom is -0.383 e. The van der Waals surface area contributed by atoms with Crippen LogP contribution in [0.15, 0.2) is 40.4 Å². The number of fused-ring (bicyclic) bond motifs is 1. The molecule has 3 amide bonds. The number of halogens is 1. The van der Waals surface area contributed by atoms with Gasteiger partial charge in [-0.05, 0) is 45.8 Å². The van der Waals surface area contributed by atoms with Crippen molar-refractivity contribution in [2.24, 2.45) is 0 Å². The highest BCUT2D eigenvalue weighted by Crippen LogP contribution is 2.27. The second kappa shape index (κ2) is 9.16. The maximum absolute atomic E-state index is 13.2. The summed E-state index contributed by atoms with van der Waals surface area (Å²) >= 11 is 4.79. The van der Waals surface area contributed by atoms with Crippen molar-refractivity contribution < 1.29 is 14.3 Å². The number of hydrogen-bond donors (Lipinski definition) is 2. The molecular weight excluding hydrogens is 484 g/mol. The standard InChI is InChI=1S/C20H21BrN6O3S/c1-30-10-15-19(28)26(6-7-27(15)20(29)25-17-5-4-16(21)31-17)9-12-2-3-13-14(8-12)23-11-24-18(13)22/h2-5,8,11,15H,6-7,9-10H2,1H3,(H,25,29)(H2,22,23,24)/t15-/m0/s1. The van der Waals surface area contributed by atoms with Crippen LogP contribution >= 0.6 is 27.3 Å². The number of ether oxygens (including phenoxy) is 1. The molecule has 3 aromatic rings. The highest BCUT2D eigenvalue weighted by molar-refractivity contribution is 9.11. The van der Waals surface area contributed by atoms with E-state index in [0.29, 0.717) is 30.5 Å². The van der Waals surface area contributed by atoms with Crippen LogP contribution in [0.1, 0.15) is 5.56 Å². The van der Waals surface area contributed by atoms with Crippen LogP contribution in [0.25, 0.3) is 10.9 Å². The van der Waals surface area contributed by atoms with Gasteiger partial charge >= 0.3 is 6.03 Å². The van der Waals surface area contributed by atoms with Gasteiger partial charge in [0.2, 0.25) is 5.91 Å². The van der Waals surface area contributed by atoms with E-state index in [1.54, 1.807) is 4.90 Å². The van der Waals surface area contributed by atoms with E-state index in [1.165, 1.54) is 29.7 Å². The van der Waals surface area contributed by atoms with Crippen LogP contribution in [0.2, 0.25) is 0 Å². The third-order valence-electron chi connectivity index (χ3n) is 5.08. The SMILES string of the molecule is COC[C@H]1C(=O)N(Cc2ccc3c(N)ncnc3c2)CCN1C(=O)Nc1ccc(Br)s1. The van der Waals surface area contributed by atoms with Gasteiger partial charge in [0.15, 0.2) is 0 Å². The molecule has 1 aliphatic rings. The molecule has 0 radical (unpaired) electrons. The smallest absolute Gasteiger partial charge is 0.323 e. The number of nitrogens with one attached hydrogen (secondary N) is 1. The summed E-state index contributed by atoms with van der Waals surface area (Å²) in [7, 11) is 1.52. The molecule has 4 rings (SSSR count). The van der Waals surface area contributed by atoms with E-state index in [-0.39, 0.29) is 18.5 Å². The summed E-state index contributed by atoms with van der Waals surface area (Å²) in [5.41, 5.74) is 7.54. The Morgan fingerprint density at radius 1 is 1.32 bits per heavy atom. The van der Waals surface area contributed by atoms with Gasteiger partial charge in [-0.25, -0.2) is 14.8 Å². The van der Waals surface area contributed by atoms with Crippen molar-refractivity contribution in [2.75, 3.05) is 37.9 Å². The number of carbonyl (C=O) groups is 2. The number of methoxy groups -OCH3 is 1. The number of carbonyl (C=O) groups excluding carboxylic acids is 2. The molecule has 162 valence electrons. The first-order valence-corrected chi connectivity index (χ1v) is 11.2. The molecule has 3 N–H and O–H groups in total. The first kappa shape index (κ1) is 21.5. The van der Waals surface area contributed by atoms with Gasteiger partial charge in [-0.2, -0.15) is 0 Å². The van der Waals surface area contributed by atoms with E-state index in [9.17, 15) is 9.59 Å². The number of thiophene rings is 1. The Hall–Kier alpha value is -2.76. The molecule has 1 aromatic carbocycles. The van der Waals surface area contributed by atoms with Gasteiger partial charge in [0.05, 0.1) is 20.9 Å². The Labute approximate surface area is 191 Å². The van der Waals surface area contributed by atoms with Crippen molar-refractivity contribution in [3.63, 3.8) is 0 Å². The number of rotatable bonds is 5. The lowest BCUT2D eigenvalue weighted by atomic mass is 10.1. The molecule has 11 heteroatoms. The number of benzene rings is 1. The largest absolute Gasteiger partial charge is 0.383 e. The molecule has 0 spiro atoms. The predicted octanol–water partition coefficient (Wildman–Crippen LogP) is 2.93. The Morgan fingerprint density at radius 2 is 2.16 bits per heavy atom. The van der Waals surface area contributed by atoms with Crippen LogP contribution < -0.4 is 11.1 Å². The number of nitrogen functional groups attached to an aromatic ring is 1. The second-order valence-electron chi connectivity index (χ2n) is 7.07. The molecule has 1 atom stereocenters. The molecule has 31 heavy (non-hydrogen) atoms. The number of urea groups is 1. The van der Waals surface area contributed by atoms with Gasteiger partial charge in [0.25, 0.3) is 0 Å². The fourth-order valence-electron chi connectivity index (χ4n) is 3.56. The minimum absolute atomic E-state index is 0.123.